The van der Waals surface area contributed by atoms with Crippen LogP contribution in [0.2, 0.25) is 0 Å². The van der Waals surface area contributed by atoms with Crippen LogP contribution in [0, 0.1) is 11.8 Å². The molecule has 0 aliphatic heterocycles. The molecule has 2 rings (SSSR count). The van der Waals surface area contributed by atoms with E-state index in [4.69, 9.17) is 16.3 Å². The molecular formula is C14H20ClNO3S. The highest BCUT2D eigenvalue weighted by atomic mass is 35.5. The van der Waals surface area contributed by atoms with Crippen LogP contribution < -0.4 is 4.74 Å². The fourth-order valence-corrected chi connectivity index (χ4v) is 3.43. The lowest BCUT2D eigenvalue weighted by molar-refractivity contribution is 0.342. The standard InChI is InChI=1S/C14H20ClNO3S/c1-11-9-12(11)10-16(2)20(17,18)14-5-3-13(4-6-14)19-8-7-15/h3-6,11-12H,7-10H2,1-2H3. The van der Waals surface area contributed by atoms with Crippen molar-refractivity contribution in [3.05, 3.63) is 24.3 Å². The number of benzene rings is 1. The first kappa shape index (κ1) is 15.6. The zero-order valence-electron chi connectivity index (χ0n) is 11.8. The highest BCUT2D eigenvalue weighted by Gasteiger charge is 2.36. The summed E-state index contributed by atoms with van der Waals surface area (Å²) >= 11 is 5.54. The molecule has 1 aliphatic rings. The molecular weight excluding hydrogens is 298 g/mol. The summed E-state index contributed by atoms with van der Waals surface area (Å²) in [6, 6.07) is 6.47. The summed E-state index contributed by atoms with van der Waals surface area (Å²) in [5.74, 6) is 2.17. The largest absolute Gasteiger partial charge is 0.492 e. The molecule has 0 aromatic heterocycles. The maximum atomic E-state index is 12.4. The number of nitrogens with zero attached hydrogens (tertiary/aromatic N) is 1. The van der Waals surface area contributed by atoms with Crippen molar-refractivity contribution in [3.63, 3.8) is 0 Å². The van der Waals surface area contributed by atoms with Gasteiger partial charge in [-0.15, -0.1) is 11.6 Å². The highest BCUT2D eigenvalue weighted by Crippen LogP contribution is 2.38. The molecule has 6 heteroatoms. The van der Waals surface area contributed by atoms with E-state index >= 15 is 0 Å². The number of rotatable bonds is 7. The molecule has 112 valence electrons. The normalized spacial score (nSPS) is 22.0. The molecule has 0 bridgehead atoms. The molecule has 0 radical (unpaired) electrons. The van der Waals surface area contributed by atoms with E-state index in [2.05, 4.69) is 6.92 Å². The van der Waals surface area contributed by atoms with Gasteiger partial charge in [0, 0.05) is 13.6 Å². The quantitative estimate of drug-likeness (QED) is 0.726. The van der Waals surface area contributed by atoms with Gasteiger partial charge in [-0.2, -0.15) is 0 Å². The van der Waals surface area contributed by atoms with E-state index in [1.165, 1.54) is 4.31 Å². The Morgan fingerprint density at radius 2 is 1.95 bits per heavy atom. The summed E-state index contributed by atoms with van der Waals surface area (Å²) < 4.78 is 31.6. The fraction of sp³-hybridized carbons (Fsp3) is 0.571. The summed E-state index contributed by atoms with van der Waals surface area (Å²) in [6.45, 7) is 3.15. The Morgan fingerprint density at radius 1 is 1.35 bits per heavy atom. The molecule has 1 aromatic rings. The van der Waals surface area contributed by atoms with Crippen LogP contribution in [0.3, 0.4) is 0 Å². The van der Waals surface area contributed by atoms with Crippen molar-refractivity contribution in [3.8, 4) is 5.75 Å². The summed E-state index contributed by atoms with van der Waals surface area (Å²) in [5.41, 5.74) is 0. The van der Waals surface area contributed by atoms with Gasteiger partial charge in [-0.3, -0.25) is 0 Å². The molecule has 0 spiro atoms. The minimum atomic E-state index is -3.40. The average molecular weight is 318 g/mol. The van der Waals surface area contributed by atoms with Crippen LogP contribution in [-0.2, 0) is 10.0 Å². The molecule has 0 heterocycles. The van der Waals surface area contributed by atoms with Gasteiger partial charge in [-0.1, -0.05) is 6.92 Å². The first-order chi connectivity index (χ1) is 9.45. The van der Waals surface area contributed by atoms with Crippen molar-refractivity contribution >= 4 is 21.6 Å². The highest BCUT2D eigenvalue weighted by molar-refractivity contribution is 7.89. The minimum absolute atomic E-state index is 0.298. The maximum Gasteiger partial charge on any atom is 0.242 e. The van der Waals surface area contributed by atoms with Crippen molar-refractivity contribution in [2.24, 2.45) is 11.8 Å². The van der Waals surface area contributed by atoms with Crippen molar-refractivity contribution in [1.82, 2.24) is 4.31 Å². The predicted octanol–water partition coefficient (Wildman–Crippen LogP) is 2.58. The lowest BCUT2D eigenvalue weighted by Gasteiger charge is -2.17. The van der Waals surface area contributed by atoms with Crippen LogP contribution >= 0.6 is 11.6 Å². The first-order valence-electron chi connectivity index (χ1n) is 6.70. The molecule has 4 nitrogen and oxygen atoms in total. The van der Waals surface area contributed by atoms with E-state index in [9.17, 15) is 8.42 Å². The minimum Gasteiger partial charge on any atom is -0.492 e. The van der Waals surface area contributed by atoms with Crippen molar-refractivity contribution < 1.29 is 13.2 Å². The molecule has 2 atom stereocenters. The van der Waals surface area contributed by atoms with Gasteiger partial charge in [-0.05, 0) is 42.5 Å². The number of hydrogen-bond donors (Lipinski definition) is 0. The van der Waals surface area contributed by atoms with Gasteiger partial charge in [-0.25, -0.2) is 12.7 Å². The van der Waals surface area contributed by atoms with Gasteiger partial charge in [0.05, 0.1) is 10.8 Å². The van der Waals surface area contributed by atoms with Crippen LogP contribution in [-0.4, -0.2) is 38.8 Å². The number of ether oxygens (including phenoxy) is 1. The van der Waals surface area contributed by atoms with Crippen LogP contribution in [0.1, 0.15) is 13.3 Å². The van der Waals surface area contributed by atoms with Crippen molar-refractivity contribution in [1.29, 1.82) is 0 Å². The van der Waals surface area contributed by atoms with Gasteiger partial charge < -0.3 is 4.74 Å². The zero-order valence-corrected chi connectivity index (χ0v) is 13.3. The number of halogens is 1. The van der Waals surface area contributed by atoms with Gasteiger partial charge in [0.2, 0.25) is 10.0 Å². The summed E-state index contributed by atoms with van der Waals surface area (Å²) in [4.78, 5) is 0.298. The summed E-state index contributed by atoms with van der Waals surface area (Å²) in [7, 11) is -1.77. The molecule has 0 saturated heterocycles. The van der Waals surface area contributed by atoms with Gasteiger partial charge >= 0.3 is 0 Å². The van der Waals surface area contributed by atoms with Crippen molar-refractivity contribution in [2.75, 3.05) is 26.1 Å². The van der Waals surface area contributed by atoms with E-state index in [1.807, 2.05) is 0 Å². The Bertz CT molecular complexity index is 544. The second kappa shape index (κ2) is 6.33. The van der Waals surface area contributed by atoms with E-state index in [0.717, 1.165) is 6.42 Å². The Kier molecular flexibility index (Phi) is 4.94. The monoisotopic (exact) mass is 317 g/mol. The van der Waals surface area contributed by atoms with E-state index in [1.54, 1.807) is 31.3 Å². The molecule has 2 unspecified atom stereocenters. The van der Waals surface area contributed by atoms with E-state index in [0.29, 0.717) is 41.5 Å². The topological polar surface area (TPSA) is 46.6 Å². The Balaban J connectivity index is 2.04. The summed E-state index contributed by atoms with van der Waals surface area (Å²) in [5, 5.41) is 0. The molecule has 1 aliphatic carbocycles. The molecule has 0 amide bonds. The third kappa shape index (κ3) is 3.65. The fourth-order valence-electron chi connectivity index (χ4n) is 2.13. The van der Waals surface area contributed by atoms with Gasteiger partial charge in [0.25, 0.3) is 0 Å². The molecule has 20 heavy (non-hydrogen) atoms. The van der Waals surface area contributed by atoms with E-state index in [-0.39, 0.29) is 0 Å². The van der Waals surface area contributed by atoms with Crippen LogP contribution in [0.5, 0.6) is 5.75 Å². The van der Waals surface area contributed by atoms with Crippen LogP contribution in [0.4, 0.5) is 0 Å². The molecule has 1 fully saturated rings. The molecule has 0 N–H and O–H groups in total. The second-order valence-electron chi connectivity index (χ2n) is 5.27. The maximum absolute atomic E-state index is 12.4. The zero-order chi connectivity index (χ0) is 14.8. The summed E-state index contributed by atoms with van der Waals surface area (Å²) in [6.07, 6.45) is 1.12. The Hall–Kier alpha value is -0.780. The van der Waals surface area contributed by atoms with Crippen molar-refractivity contribution in [2.45, 2.75) is 18.2 Å². The third-order valence-electron chi connectivity index (χ3n) is 3.65. The number of hydrogen-bond acceptors (Lipinski definition) is 3. The Labute approximate surface area is 125 Å². The lowest BCUT2D eigenvalue weighted by atomic mass is 10.3. The number of sulfonamides is 1. The first-order valence-corrected chi connectivity index (χ1v) is 8.67. The number of alkyl halides is 1. The smallest absolute Gasteiger partial charge is 0.242 e. The lowest BCUT2D eigenvalue weighted by Crippen LogP contribution is -2.29. The predicted molar refractivity (Wildman–Crippen MR) is 79.7 cm³/mol. The van der Waals surface area contributed by atoms with Crippen LogP contribution in [0.25, 0.3) is 0 Å². The average Bonchev–Trinajstić information content (AvgIpc) is 3.12. The second-order valence-corrected chi connectivity index (χ2v) is 7.69. The molecule has 1 saturated carbocycles. The third-order valence-corrected chi connectivity index (χ3v) is 5.64. The SMILES string of the molecule is CC1CC1CN(C)S(=O)(=O)c1ccc(OCCCl)cc1. The molecule has 1 aromatic carbocycles. The van der Waals surface area contributed by atoms with Crippen LogP contribution in [0.15, 0.2) is 29.2 Å². The Morgan fingerprint density at radius 3 is 2.45 bits per heavy atom. The van der Waals surface area contributed by atoms with Gasteiger partial charge in [0.1, 0.15) is 12.4 Å². The van der Waals surface area contributed by atoms with Gasteiger partial charge in [0.15, 0.2) is 0 Å². The van der Waals surface area contributed by atoms with E-state index < -0.39 is 10.0 Å².